The average molecular weight is 298 g/mol. The number of nitrogens with zero attached hydrogens (tertiary/aromatic N) is 1. The van der Waals surface area contributed by atoms with Crippen LogP contribution in [0.25, 0.3) is 21.8 Å². The molecule has 5 heteroatoms. The van der Waals surface area contributed by atoms with Gasteiger partial charge in [0.25, 0.3) is 0 Å². The minimum atomic E-state index is 0. The fourth-order valence-electron chi connectivity index (χ4n) is 2.14. The first-order valence-electron chi connectivity index (χ1n) is 5.94. The predicted octanol–water partition coefficient (Wildman–Crippen LogP) is 3.45. The van der Waals surface area contributed by atoms with Crippen LogP contribution in [0.1, 0.15) is 12.2 Å². The SMILES string of the molecule is Cl.Cl.NCCCc1nc2cc3ccccc3cc2[nH]1. The van der Waals surface area contributed by atoms with Crippen LogP contribution < -0.4 is 5.73 Å². The number of nitrogens with two attached hydrogens (primary N) is 1. The third kappa shape index (κ3) is 3.18. The van der Waals surface area contributed by atoms with E-state index in [1.807, 2.05) is 0 Å². The number of rotatable bonds is 3. The number of H-pyrrole nitrogens is 1. The molecule has 1 heterocycles. The van der Waals surface area contributed by atoms with E-state index in [4.69, 9.17) is 5.73 Å². The molecule has 0 spiro atoms. The Morgan fingerprint density at radius 3 is 2.42 bits per heavy atom. The number of hydrogen-bond acceptors (Lipinski definition) is 2. The third-order valence-corrected chi connectivity index (χ3v) is 3.02. The van der Waals surface area contributed by atoms with Crippen LogP contribution in [0.2, 0.25) is 0 Å². The summed E-state index contributed by atoms with van der Waals surface area (Å²) in [7, 11) is 0. The molecule has 3 aromatic rings. The lowest BCUT2D eigenvalue weighted by molar-refractivity contribution is 0.796. The molecule has 1 aromatic heterocycles. The van der Waals surface area contributed by atoms with Crippen molar-refractivity contribution in [2.24, 2.45) is 5.73 Å². The molecule has 0 aliphatic heterocycles. The summed E-state index contributed by atoms with van der Waals surface area (Å²) in [6, 6.07) is 12.6. The Balaban J connectivity index is 0.000000902. The lowest BCUT2D eigenvalue weighted by atomic mass is 10.1. The largest absolute Gasteiger partial charge is 0.342 e. The molecule has 0 radical (unpaired) electrons. The highest BCUT2D eigenvalue weighted by Gasteiger charge is 2.03. The predicted molar refractivity (Wildman–Crippen MR) is 85.5 cm³/mol. The number of aromatic nitrogens is 2. The van der Waals surface area contributed by atoms with E-state index in [1.165, 1.54) is 10.8 Å². The molecular formula is C14H17Cl2N3. The van der Waals surface area contributed by atoms with Crippen LogP contribution in [0.4, 0.5) is 0 Å². The Bertz CT molecular complexity index is 611. The Hall–Kier alpha value is -1.29. The van der Waals surface area contributed by atoms with Crippen molar-refractivity contribution in [3.63, 3.8) is 0 Å². The zero-order valence-corrected chi connectivity index (χ0v) is 12.1. The molecule has 0 atom stereocenters. The van der Waals surface area contributed by atoms with Crippen molar-refractivity contribution < 1.29 is 0 Å². The van der Waals surface area contributed by atoms with Crippen molar-refractivity contribution >= 4 is 46.6 Å². The van der Waals surface area contributed by atoms with Crippen molar-refractivity contribution in [2.75, 3.05) is 6.54 Å². The van der Waals surface area contributed by atoms with Crippen LogP contribution >= 0.6 is 24.8 Å². The summed E-state index contributed by atoms with van der Waals surface area (Å²) in [5.41, 5.74) is 7.66. The van der Waals surface area contributed by atoms with Gasteiger partial charge in [0.15, 0.2) is 0 Å². The minimum absolute atomic E-state index is 0. The van der Waals surface area contributed by atoms with E-state index in [0.29, 0.717) is 6.54 Å². The van der Waals surface area contributed by atoms with E-state index in [2.05, 4.69) is 46.4 Å². The first-order valence-corrected chi connectivity index (χ1v) is 5.94. The second-order valence-corrected chi connectivity index (χ2v) is 4.29. The smallest absolute Gasteiger partial charge is 0.107 e. The fourth-order valence-corrected chi connectivity index (χ4v) is 2.14. The van der Waals surface area contributed by atoms with E-state index >= 15 is 0 Å². The highest BCUT2D eigenvalue weighted by Crippen LogP contribution is 2.21. The van der Waals surface area contributed by atoms with Gasteiger partial charge in [-0.15, -0.1) is 24.8 Å². The van der Waals surface area contributed by atoms with Gasteiger partial charge in [0.2, 0.25) is 0 Å². The second kappa shape index (κ2) is 6.75. The van der Waals surface area contributed by atoms with Crippen molar-refractivity contribution in [3.05, 3.63) is 42.2 Å². The van der Waals surface area contributed by atoms with E-state index in [1.54, 1.807) is 0 Å². The molecular weight excluding hydrogens is 281 g/mol. The third-order valence-electron chi connectivity index (χ3n) is 3.02. The maximum atomic E-state index is 5.51. The Kier molecular flexibility index (Phi) is 5.60. The van der Waals surface area contributed by atoms with Crippen molar-refractivity contribution in [1.82, 2.24) is 9.97 Å². The summed E-state index contributed by atoms with van der Waals surface area (Å²) in [6.07, 6.45) is 1.89. The monoisotopic (exact) mass is 297 g/mol. The van der Waals surface area contributed by atoms with E-state index in [9.17, 15) is 0 Å². The van der Waals surface area contributed by atoms with Gasteiger partial charge >= 0.3 is 0 Å². The highest BCUT2D eigenvalue weighted by atomic mass is 35.5. The van der Waals surface area contributed by atoms with Gasteiger partial charge in [-0.2, -0.15) is 0 Å². The molecule has 0 aliphatic rings. The molecule has 0 saturated heterocycles. The molecule has 0 unspecified atom stereocenters. The first-order chi connectivity index (χ1) is 8.36. The van der Waals surface area contributed by atoms with Crippen LogP contribution in [-0.2, 0) is 6.42 Å². The maximum Gasteiger partial charge on any atom is 0.107 e. The van der Waals surface area contributed by atoms with Crippen LogP contribution in [0.3, 0.4) is 0 Å². The van der Waals surface area contributed by atoms with Crippen LogP contribution in [0.5, 0.6) is 0 Å². The first kappa shape index (κ1) is 15.8. The van der Waals surface area contributed by atoms with Gasteiger partial charge in [0.1, 0.15) is 5.82 Å². The number of fused-ring (bicyclic) bond motifs is 2. The molecule has 0 aliphatic carbocycles. The molecule has 0 saturated carbocycles. The Labute approximate surface area is 124 Å². The number of halogens is 2. The molecule has 3 nitrogen and oxygen atoms in total. The van der Waals surface area contributed by atoms with E-state index in [0.717, 1.165) is 29.7 Å². The van der Waals surface area contributed by atoms with Crippen molar-refractivity contribution in [3.8, 4) is 0 Å². The molecule has 3 rings (SSSR count). The standard InChI is InChI=1S/C14H15N3.2ClH/c15-7-3-6-14-16-12-8-10-4-1-2-5-11(10)9-13(12)17-14;;/h1-2,4-5,8-9H,3,6-7,15H2,(H,16,17);2*1H. The number of aryl methyl sites for hydroxylation is 1. The van der Waals surface area contributed by atoms with Crippen molar-refractivity contribution in [2.45, 2.75) is 12.8 Å². The Morgan fingerprint density at radius 2 is 1.74 bits per heavy atom. The van der Waals surface area contributed by atoms with Crippen LogP contribution in [0.15, 0.2) is 36.4 Å². The fraction of sp³-hybridized carbons (Fsp3) is 0.214. The topological polar surface area (TPSA) is 54.7 Å². The normalized spacial score (nSPS) is 10.2. The number of benzene rings is 2. The lowest BCUT2D eigenvalue weighted by Gasteiger charge is -1.95. The molecule has 3 N–H and O–H groups in total. The van der Waals surface area contributed by atoms with Gasteiger partial charge < -0.3 is 10.7 Å². The van der Waals surface area contributed by atoms with Crippen LogP contribution in [0, 0.1) is 0 Å². The minimum Gasteiger partial charge on any atom is -0.342 e. The molecule has 0 bridgehead atoms. The van der Waals surface area contributed by atoms with Gasteiger partial charge in [-0.25, -0.2) is 4.98 Å². The summed E-state index contributed by atoms with van der Waals surface area (Å²) in [4.78, 5) is 7.95. The second-order valence-electron chi connectivity index (χ2n) is 4.29. The molecule has 0 fully saturated rings. The quantitative estimate of drug-likeness (QED) is 0.778. The van der Waals surface area contributed by atoms with Gasteiger partial charge in [0.05, 0.1) is 11.0 Å². The van der Waals surface area contributed by atoms with E-state index < -0.39 is 0 Å². The molecule has 102 valence electrons. The zero-order chi connectivity index (χ0) is 11.7. The summed E-state index contributed by atoms with van der Waals surface area (Å²) in [5, 5.41) is 2.48. The molecule has 0 amide bonds. The lowest BCUT2D eigenvalue weighted by Crippen LogP contribution is -2.01. The number of hydrogen-bond donors (Lipinski definition) is 2. The highest BCUT2D eigenvalue weighted by molar-refractivity contribution is 5.95. The summed E-state index contributed by atoms with van der Waals surface area (Å²) in [5.74, 6) is 1.03. The number of aromatic amines is 1. The van der Waals surface area contributed by atoms with Gasteiger partial charge in [-0.3, -0.25) is 0 Å². The average Bonchev–Trinajstić information content (AvgIpc) is 2.75. The molecule has 2 aromatic carbocycles. The number of nitrogens with one attached hydrogen (secondary N) is 1. The number of imidazole rings is 1. The van der Waals surface area contributed by atoms with Crippen molar-refractivity contribution in [1.29, 1.82) is 0 Å². The summed E-state index contributed by atoms with van der Waals surface area (Å²) >= 11 is 0. The zero-order valence-electron chi connectivity index (χ0n) is 10.4. The maximum absolute atomic E-state index is 5.51. The van der Waals surface area contributed by atoms with E-state index in [-0.39, 0.29) is 24.8 Å². The summed E-state index contributed by atoms with van der Waals surface area (Å²) < 4.78 is 0. The molecule has 19 heavy (non-hydrogen) atoms. The van der Waals surface area contributed by atoms with Crippen LogP contribution in [-0.4, -0.2) is 16.5 Å². The Morgan fingerprint density at radius 1 is 1.05 bits per heavy atom. The van der Waals surface area contributed by atoms with Gasteiger partial charge in [-0.05, 0) is 35.9 Å². The van der Waals surface area contributed by atoms with Gasteiger partial charge in [0, 0.05) is 6.42 Å². The van der Waals surface area contributed by atoms with Gasteiger partial charge in [-0.1, -0.05) is 24.3 Å². The summed E-state index contributed by atoms with van der Waals surface area (Å²) in [6.45, 7) is 0.707.